The van der Waals surface area contributed by atoms with Crippen LogP contribution in [0.2, 0.25) is 0 Å². The summed E-state index contributed by atoms with van der Waals surface area (Å²) in [6.45, 7) is 0. The van der Waals surface area contributed by atoms with Crippen LogP contribution in [0.4, 0.5) is 11.4 Å². The molecule has 0 fully saturated rings. The van der Waals surface area contributed by atoms with Crippen molar-refractivity contribution in [2.75, 3.05) is 5.32 Å². The van der Waals surface area contributed by atoms with Crippen molar-refractivity contribution >= 4 is 33.4 Å². The maximum absolute atomic E-state index is 4.52. The Morgan fingerprint density at radius 1 is 0.464 bits per heavy atom. The lowest BCUT2D eigenvalue weighted by atomic mass is 9.98. The number of fused-ring (bicyclic) bond motifs is 4. The van der Waals surface area contributed by atoms with Gasteiger partial charge in [-0.1, -0.05) is 60.7 Å². The maximum Gasteiger partial charge on any atom is 0.0894 e. The van der Waals surface area contributed by atoms with Gasteiger partial charge in [-0.2, -0.15) is 0 Å². The van der Waals surface area contributed by atoms with E-state index in [9.17, 15) is 0 Å². The van der Waals surface area contributed by atoms with Crippen LogP contribution >= 0.6 is 0 Å². The van der Waals surface area contributed by atoms with Gasteiger partial charge in [0.1, 0.15) is 0 Å². The van der Waals surface area contributed by atoms with Crippen LogP contribution in [-0.2, 0) is 6.42 Å². The molecule has 28 heavy (non-hydrogen) atoms. The third kappa shape index (κ3) is 3.19. The van der Waals surface area contributed by atoms with E-state index < -0.39 is 0 Å². The molecule has 0 saturated heterocycles. The standard InChI is InChI=1S/C13H11N.C12H8N2/c1-3-7-12-10(5-1)9-11-6-2-4-8-13(11)14-12;1-2-6-10-9(5-1)13-11-7-3-4-8-12(11)14-10/h1-8,14H,9H2;1-8H. The van der Waals surface area contributed by atoms with Crippen LogP contribution in [0, 0.1) is 0 Å². The topological polar surface area (TPSA) is 37.8 Å². The summed E-state index contributed by atoms with van der Waals surface area (Å²) >= 11 is 0. The number of nitrogens with one attached hydrogen (secondary N) is 1. The summed E-state index contributed by atoms with van der Waals surface area (Å²) in [4.78, 5) is 9.03. The van der Waals surface area contributed by atoms with Crippen LogP contribution in [0.15, 0.2) is 97.1 Å². The first-order valence-electron chi connectivity index (χ1n) is 9.41. The SMILES string of the molecule is c1ccc2c(c1)Cc1ccccc1N2.c1ccc2nc3ccccc3nc2c1. The third-order valence-corrected chi connectivity index (χ3v) is 4.93. The Balaban J connectivity index is 0.000000122. The molecule has 2 heterocycles. The van der Waals surface area contributed by atoms with Crippen molar-refractivity contribution in [2.24, 2.45) is 0 Å². The minimum Gasteiger partial charge on any atom is -0.355 e. The number of nitrogens with zero attached hydrogens (tertiary/aromatic N) is 2. The molecule has 0 atom stereocenters. The quantitative estimate of drug-likeness (QED) is 0.331. The Kier molecular flexibility index (Phi) is 4.19. The maximum atomic E-state index is 4.52. The van der Waals surface area contributed by atoms with Gasteiger partial charge in [0.05, 0.1) is 22.1 Å². The van der Waals surface area contributed by atoms with Gasteiger partial charge in [0.2, 0.25) is 0 Å². The summed E-state index contributed by atoms with van der Waals surface area (Å²) in [6.07, 6.45) is 1.04. The number of aromatic nitrogens is 2. The van der Waals surface area contributed by atoms with Crippen LogP contribution in [-0.4, -0.2) is 9.97 Å². The molecule has 5 aromatic rings. The third-order valence-electron chi connectivity index (χ3n) is 4.93. The molecule has 0 amide bonds. The Morgan fingerprint density at radius 2 is 0.821 bits per heavy atom. The highest BCUT2D eigenvalue weighted by atomic mass is 14.9. The molecule has 0 radical (unpaired) electrons. The molecule has 1 aliphatic heterocycles. The van der Waals surface area contributed by atoms with Gasteiger partial charge in [0, 0.05) is 17.8 Å². The highest BCUT2D eigenvalue weighted by Gasteiger charge is 2.12. The van der Waals surface area contributed by atoms with Crippen molar-refractivity contribution in [3.05, 3.63) is 108 Å². The average Bonchev–Trinajstić information content (AvgIpc) is 2.76. The molecular formula is C25H19N3. The second-order valence-corrected chi connectivity index (χ2v) is 6.82. The first-order chi connectivity index (χ1) is 13.9. The molecule has 1 N–H and O–H groups in total. The summed E-state index contributed by atoms with van der Waals surface area (Å²) in [5.74, 6) is 0. The molecule has 3 nitrogen and oxygen atoms in total. The predicted molar refractivity (Wildman–Crippen MR) is 116 cm³/mol. The lowest BCUT2D eigenvalue weighted by Gasteiger charge is -2.20. The van der Waals surface area contributed by atoms with Crippen molar-refractivity contribution in [3.63, 3.8) is 0 Å². The van der Waals surface area contributed by atoms with Gasteiger partial charge in [0.15, 0.2) is 0 Å². The highest BCUT2D eigenvalue weighted by molar-refractivity contribution is 5.85. The van der Waals surface area contributed by atoms with Gasteiger partial charge in [-0.25, -0.2) is 9.97 Å². The molecule has 0 bridgehead atoms. The Bertz CT molecular complexity index is 1080. The minimum absolute atomic E-state index is 0.950. The summed E-state index contributed by atoms with van der Waals surface area (Å²) in [7, 11) is 0. The van der Waals surface area contributed by atoms with Gasteiger partial charge in [-0.05, 0) is 47.5 Å². The number of hydrogen-bond donors (Lipinski definition) is 1. The van der Waals surface area contributed by atoms with E-state index in [1.165, 1.54) is 22.5 Å². The first kappa shape index (κ1) is 16.5. The number of para-hydroxylation sites is 6. The molecule has 134 valence electrons. The Hall–Kier alpha value is -3.72. The lowest BCUT2D eigenvalue weighted by molar-refractivity contribution is 1.16. The van der Waals surface area contributed by atoms with Gasteiger partial charge in [0.25, 0.3) is 0 Å². The summed E-state index contributed by atoms with van der Waals surface area (Å²) < 4.78 is 0. The highest BCUT2D eigenvalue weighted by Crippen LogP contribution is 2.31. The second-order valence-electron chi connectivity index (χ2n) is 6.82. The Labute approximate surface area is 163 Å². The summed E-state index contributed by atoms with van der Waals surface area (Å²) in [6, 6.07) is 32.8. The Morgan fingerprint density at radius 3 is 1.25 bits per heavy atom. The molecule has 3 heteroatoms. The van der Waals surface area contributed by atoms with Gasteiger partial charge < -0.3 is 5.32 Å². The predicted octanol–water partition coefficient (Wildman–Crippen LogP) is 6.12. The van der Waals surface area contributed by atoms with Crippen molar-refractivity contribution < 1.29 is 0 Å². The lowest BCUT2D eigenvalue weighted by Crippen LogP contribution is -2.05. The van der Waals surface area contributed by atoms with Crippen molar-refractivity contribution in [2.45, 2.75) is 6.42 Å². The van der Waals surface area contributed by atoms with Crippen molar-refractivity contribution in [1.29, 1.82) is 0 Å². The van der Waals surface area contributed by atoms with Gasteiger partial charge >= 0.3 is 0 Å². The molecule has 4 aromatic carbocycles. The van der Waals surface area contributed by atoms with E-state index in [4.69, 9.17) is 0 Å². The van der Waals surface area contributed by atoms with E-state index in [1.54, 1.807) is 0 Å². The molecule has 6 rings (SSSR count). The van der Waals surface area contributed by atoms with Crippen LogP contribution in [0.1, 0.15) is 11.1 Å². The number of anilines is 2. The van der Waals surface area contributed by atoms with Crippen LogP contribution in [0.5, 0.6) is 0 Å². The first-order valence-corrected chi connectivity index (χ1v) is 9.41. The molecule has 0 unspecified atom stereocenters. The molecule has 1 aromatic heterocycles. The fourth-order valence-corrected chi connectivity index (χ4v) is 3.51. The zero-order valence-electron chi connectivity index (χ0n) is 15.3. The largest absolute Gasteiger partial charge is 0.355 e. The fourth-order valence-electron chi connectivity index (χ4n) is 3.51. The van der Waals surface area contributed by atoms with Crippen molar-refractivity contribution in [1.82, 2.24) is 9.97 Å². The monoisotopic (exact) mass is 361 g/mol. The second kappa shape index (κ2) is 7.12. The van der Waals surface area contributed by atoms with Gasteiger partial charge in [-0.3, -0.25) is 0 Å². The van der Waals surface area contributed by atoms with E-state index in [2.05, 4.69) is 63.8 Å². The fraction of sp³-hybridized carbons (Fsp3) is 0.0400. The van der Waals surface area contributed by atoms with Crippen LogP contribution in [0.25, 0.3) is 22.1 Å². The molecule has 1 aliphatic rings. The van der Waals surface area contributed by atoms with Crippen molar-refractivity contribution in [3.8, 4) is 0 Å². The van der Waals surface area contributed by atoms with E-state index in [0.717, 1.165) is 28.5 Å². The molecular weight excluding hydrogens is 342 g/mol. The molecule has 0 saturated carbocycles. The minimum atomic E-state index is 0.950. The number of rotatable bonds is 0. The number of benzene rings is 4. The number of hydrogen-bond acceptors (Lipinski definition) is 3. The average molecular weight is 361 g/mol. The normalized spacial score (nSPS) is 11.7. The summed E-state index contributed by atoms with van der Waals surface area (Å²) in [5, 5.41) is 3.44. The van der Waals surface area contributed by atoms with Crippen LogP contribution in [0.3, 0.4) is 0 Å². The molecule has 0 spiro atoms. The van der Waals surface area contributed by atoms with Gasteiger partial charge in [-0.15, -0.1) is 0 Å². The van der Waals surface area contributed by atoms with E-state index in [1.807, 2.05) is 48.5 Å². The molecule has 0 aliphatic carbocycles. The smallest absolute Gasteiger partial charge is 0.0894 e. The zero-order chi connectivity index (χ0) is 18.8. The zero-order valence-corrected chi connectivity index (χ0v) is 15.3. The van der Waals surface area contributed by atoms with Crippen LogP contribution < -0.4 is 5.32 Å². The van der Waals surface area contributed by atoms with E-state index in [-0.39, 0.29) is 0 Å². The summed E-state index contributed by atoms with van der Waals surface area (Å²) in [5.41, 5.74) is 9.05. The van der Waals surface area contributed by atoms with E-state index >= 15 is 0 Å². The van der Waals surface area contributed by atoms with E-state index in [0.29, 0.717) is 0 Å².